The van der Waals surface area contributed by atoms with E-state index in [1.807, 2.05) is 44.2 Å². The van der Waals surface area contributed by atoms with Gasteiger partial charge >= 0.3 is 0 Å². The molecule has 0 fully saturated rings. The summed E-state index contributed by atoms with van der Waals surface area (Å²) < 4.78 is 27.3. The molecule has 0 aliphatic carbocycles. The summed E-state index contributed by atoms with van der Waals surface area (Å²) in [6, 6.07) is 14.7. The Morgan fingerprint density at radius 3 is 2.23 bits per heavy atom. The molecule has 0 heterocycles. The Balaban J connectivity index is 1.98. The van der Waals surface area contributed by atoms with Crippen molar-refractivity contribution in [3.8, 4) is 0 Å². The molecule has 0 unspecified atom stereocenters. The standard InChI is InChI=1S/C19H25N3O3S/c1-14(2)12-18(20)19(23)22-16-8-10-17(11-9-16)26(24,25)21-13-15-6-4-3-5-7-15/h3-11,14,18,21H,12-13,20H2,1-2H3,(H,22,23)/t18-/m0/s1. The van der Waals surface area contributed by atoms with E-state index in [1.54, 1.807) is 12.1 Å². The quantitative estimate of drug-likeness (QED) is 0.660. The Hall–Kier alpha value is -2.22. The summed E-state index contributed by atoms with van der Waals surface area (Å²) in [7, 11) is -3.62. The first-order valence-corrected chi connectivity index (χ1v) is 9.96. The van der Waals surface area contributed by atoms with Crippen LogP contribution in [-0.4, -0.2) is 20.4 Å². The van der Waals surface area contributed by atoms with Crippen LogP contribution in [0.25, 0.3) is 0 Å². The number of amides is 1. The molecule has 2 aromatic carbocycles. The molecule has 4 N–H and O–H groups in total. The fraction of sp³-hybridized carbons (Fsp3) is 0.316. The number of nitrogens with one attached hydrogen (secondary N) is 2. The summed E-state index contributed by atoms with van der Waals surface area (Å²) in [5, 5.41) is 2.70. The van der Waals surface area contributed by atoms with E-state index in [2.05, 4.69) is 10.0 Å². The Labute approximate surface area is 154 Å². The van der Waals surface area contributed by atoms with Crippen LogP contribution < -0.4 is 15.8 Å². The molecule has 0 aromatic heterocycles. The van der Waals surface area contributed by atoms with E-state index < -0.39 is 16.1 Å². The largest absolute Gasteiger partial charge is 0.325 e. The molecule has 0 radical (unpaired) electrons. The Bertz CT molecular complexity index is 819. The van der Waals surface area contributed by atoms with Gasteiger partial charge in [0.2, 0.25) is 15.9 Å². The number of hydrogen-bond donors (Lipinski definition) is 3. The monoisotopic (exact) mass is 375 g/mol. The number of hydrogen-bond acceptors (Lipinski definition) is 4. The van der Waals surface area contributed by atoms with Crippen LogP contribution in [0.15, 0.2) is 59.5 Å². The summed E-state index contributed by atoms with van der Waals surface area (Å²) in [6.07, 6.45) is 0.585. The Morgan fingerprint density at radius 1 is 1.04 bits per heavy atom. The minimum absolute atomic E-state index is 0.137. The highest BCUT2D eigenvalue weighted by Crippen LogP contribution is 2.15. The SMILES string of the molecule is CC(C)C[C@H](N)C(=O)Nc1ccc(S(=O)(=O)NCc2ccccc2)cc1. The summed E-state index contributed by atoms with van der Waals surface area (Å²) in [6.45, 7) is 4.20. The first-order chi connectivity index (χ1) is 12.3. The maximum absolute atomic E-state index is 12.4. The summed E-state index contributed by atoms with van der Waals surface area (Å²) in [4.78, 5) is 12.2. The highest BCUT2D eigenvalue weighted by Gasteiger charge is 2.16. The van der Waals surface area contributed by atoms with Crippen molar-refractivity contribution < 1.29 is 13.2 Å². The number of anilines is 1. The second kappa shape index (κ2) is 8.93. The zero-order valence-electron chi connectivity index (χ0n) is 15.0. The number of carbonyl (C=O) groups excluding carboxylic acids is 1. The number of benzene rings is 2. The zero-order chi connectivity index (χ0) is 19.2. The molecule has 0 saturated heterocycles. The summed E-state index contributed by atoms with van der Waals surface area (Å²) >= 11 is 0. The molecule has 2 rings (SSSR count). The lowest BCUT2D eigenvalue weighted by molar-refractivity contribution is -0.117. The molecular weight excluding hydrogens is 350 g/mol. The highest BCUT2D eigenvalue weighted by molar-refractivity contribution is 7.89. The van der Waals surface area contributed by atoms with Crippen molar-refractivity contribution in [3.63, 3.8) is 0 Å². The molecule has 1 atom stereocenters. The van der Waals surface area contributed by atoms with Gasteiger partial charge in [-0.25, -0.2) is 13.1 Å². The van der Waals surface area contributed by atoms with Crippen molar-refractivity contribution in [1.29, 1.82) is 0 Å². The van der Waals surface area contributed by atoms with Crippen molar-refractivity contribution >= 4 is 21.6 Å². The molecule has 2 aromatic rings. The van der Waals surface area contributed by atoms with E-state index >= 15 is 0 Å². The van der Waals surface area contributed by atoms with Gasteiger partial charge < -0.3 is 11.1 Å². The van der Waals surface area contributed by atoms with Gasteiger partial charge in [0.05, 0.1) is 10.9 Å². The molecule has 140 valence electrons. The Morgan fingerprint density at radius 2 is 1.65 bits per heavy atom. The first-order valence-electron chi connectivity index (χ1n) is 8.48. The topological polar surface area (TPSA) is 101 Å². The van der Waals surface area contributed by atoms with Gasteiger partial charge in [-0.05, 0) is 42.2 Å². The lowest BCUT2D eigenvalue weighted by Gasteiger charge is -2.14. The number of nitrogens with two attached hydrogens (primary N) is 1. The van der Waals surface area contributed by atoms with Crippen LogP contribution in [0.2, 0.25) is 0 Å². The van der Waals surface area contributed by atoms with Gasteiger partial charge in [0.15, 0.2) is 0 Å². The number of rotatable bonds is 8. The van der Waals surface area contributed by atoms with Crippen molar-refractivity contribution in [2.75, 3.05) is 5.32 Å². The van der Waals surface area contributed by atoms with E-state index in [0.717, 1.165) is 5.56 Å². The maximum Gasteiger partial charge on any atom is 0.241 e. The molecule has 0 spiro atoms. The molecule has 0 aliphatic heterocycles. The molecule has 0 bridgehead atoms. The highest BCUT2D eigenvalue weighted by atomic mass is 32.2. The van der Waals surface area contributed by atoms with E-state index in [-0.39, 0.29) is 17.3 Å². The summed E-state index contributed by atoms with van der Waals surface area (Å²) in [5.41, 5.74) is 7.23. The lowest BCUT2D eigenvalue weighted by atomic mass is 10.0. The molecule has 0 saturated carbocycles. The van der Waals surface area contributed by atoms with Crippen LogP contribution in [0, 0.1) is 5.92 Å². The van der Waals surface area contributed by atoms with E-state index in [0.29, 0.717) is 18.0 Å². The van der Waals surface area contributed by atoms with Crippen LogP contribution in [0.4, 0.5) is 5.69 Å². The van der Waals surface area contributed by atoms with Crippen LogP contribution in [0.1, 0.15) is 25.8 Å². The second-order valence-electron chi connectivity index (χ2n) is 6.56. The third kappa shape index (κ3) is 5.94. The predicted octanol–water partition coefficient (Wildman–Crippen LogP) is 2.48. The molecule has 0 aliphatic rings. The molecular formula is C19H25N3O3S. The minimum atomic E-state index is -3.62. The zero-order valence-corrected chi connectivity index (χ0v) is 15.8. The number of sulfonamides is 1. The molecule has 1 amide bonds. The van der Waals surface area contributed by atoms with Gasteiger partial charge in [-0.15, -0.1) is 0 Å². The normalized spacial score (nSPS) is 12.8. The predicted molar refractivity (Wildman–Crippen MR) is 103 cm³/mol. The maximum atomic E-state index is 12.4. The second-order valence-corrected chi connectivity index (χ2v) is 8.33. The summed E-state index contributed by atoms with van der Waals surface area (Å²) in [5.74, 6) is 0.0375. The van der Waals surface area contributed by atoms with Gasteiger partial charge in [0, 0.05) is 12.2 Å². The van der Waals surface area contributed by atoms with Crippen molar-refractivity contribution in [2.45, 2.75) is 37.8 Å². The van der Waals surface area contributed by atoms with Gasteiger partial charge in [-0.3, -0.25) is 4.79 Å². The van der Waals surface area contributed by atoms with Gasteiger partial charge in [-0.2, -0.15) is 0 Å². The molecule has 26 heavy (non-hydrogen) atoms. The minimum Gasteiger partial charge on any atom is -0.325 e. The fourth-order valence-corrected chi connectivity index (χ4v) is 3.44. The first kappa shape index (κ1) is 20.1. The van der Waals surface area contributed by atoms with Gasteiger partial charge in [0.25, 0.3) is 0 Å². The van der Waals surface area contributed by atoms with Crippen molar-refractivity contribution in [1.82, 2.24) is 4.72 Å². The van der Waals surface area contributed by atoms with Crippen LogP contribution in [0.3, 0.4) is 0 Å². The van der Waals surface area contributed by atoms with E-state index in [1.165, 1.54) is 12.1 Å². The fourth-order valence-electron chi connectivity index (χ4n) is 2.42. The van der Waals surface area contributed by atoms with Crippen molar-refractivity contribution in [3.05, 3.63) is 60.2 Å². The van der Waals surface area contributed by atoms with Crippen LogP contribution >= 0.6 is 0 Å². The van der Waals surface area contributed by atoms with Gasteiger partial charge in [-0.1, -0.05) is 44.2 Å². The van der Waals surface area contributed by atoms with Gasteiger partial charge in [0.1, 0.15) is 0 Å². The third-order valence-electron chi connectivity index (χ3n) is 3.80. The van der Waals surface area contributed by atoms with E-state index in [9.17, 15) is 13.2 Å². The van der Waals surface area contributed by atoms with Crippen molar-refractivity contribution in [2.24, 2.45) is 11.7 Å². The van der Waals surface area contributed by atoms with E-state index in [4.69, 9.17) is 5.73 Å². The average molecular weight is 375 g/mol. The smallest absolute Gasteiger partial charge is 0.241 e. The average Bonchev–Trinajstić information content (AvgIpc) is 2.61. The third-order valence-corrected chi connectivity index (χ3v) is 5.22. The molecule has 7 heteroatoms. The van der Waals surface area contributed by atoms with Crippen LogP contribution in [-0.2, 0) is 21.4 Å². The Kier molecular flexibility index (Phi) is 6.90. The van der Waals surface area contributed by atoms with Crippen LogP contribution in [0.5, 0.6) is 0 Å². The number of carbonyl (C=O) groups is 1. The molecule has 6 nitrogen and oxygen atoms in total. The lowest BCUT2D eigenvalue weighted by Crippen LogP contribution is -2.36.